The van der Waals surface area contributed by atoms with Crippen molar-refractivity contribution in [2.45, 2.75) is 6.42 Å². The van der Waals surface area contributed by atoms with Gasteiger partial charge in [0.2, 0.25) is 5.91 Å². The van der Waals surface area contributed by atoms with Crippen LogP contribution in [0.2, 0.25) is 0 Å². The molecule has 0 bridgehead atoms. The molecule has 1 heterocycles. The minimum atomic E-state index is -0.260. The highest BCUT2D eigenvalue weighted by molar-refractivity contribution is 5.95. The molecule has 0 atom stereocenters. The standard InChI is InChI=1S/C26H21N3O3/c1-17(19-5-3-2-4-6-19)25-26(29-24(32)15-18-7-11-21(30)12-8-18)27-16-23(28-25)20-9-13-22(31)14-10-20/h2-14,16,30-31H,1,15H2,(H,27,29,32). The van der Waals surface area contributed by atoms with Crippen LogP contribution in [0.1, 0.15) is 16.8 Å². The average molecular weight is 423 g/mol. The number of nitrogens with one attached hydrogen (secondary N) is 1. The van der Waals surface area contributed by atoms with Crippen molar-refractivity contribution in [3.8, 4) is 22.8 Å². The van der Waals surface area contributed by atoms with E-state index in [1.165, 1.54) is 12.1 Å². The second-order valence-corrected chi connectivity index (χ2v) is 7.24. The van der Waals surface area contributed by atoms with Crippen LogP contribution in [-0.2, 0) is 11.2 Å². The molecule has 1 aromatic heterocycles. The first-order valence-corrected chi connectivity index (χ1v) is 9.98. The Morgan fingerprint density at radius 1 is 0.875 bits per heavy atom. The van der Waals surface area contributed by atoms with E-state index in [1.54, 1.807) is 42.6 Å². The molecule has 0 aliphatic carbocycles. The van der Waals surface area contributed by atoms with Gasteiger partial charge in [-0.25, -0.2) is 9.97 Å². The van der Waals surface area contributed by atoms with Gasteiger partial charge in [0, 0.05) is 11.1 Å². The van der Waals surface area contributed by atoms with Crippen LogP contribution in [0.15, 0.2) is 91.6 Å². The molecular weight excluding hydrogens is 402 g/mol. The van der Waals surface area contributed by atoms with Crippen molar-refractivity contribution in [3.63, 3.8) is 0 Å². The third kappa shape index (κ3) is 4.82. The van der Waals surface area contributed by atoms with Crippen LogP contribution in [-0.4, -0.2) is 26.1 Å². The monoisotopic (exact) mass is 423 g/mol. The van der Waals surface area contributed by atoms with Gasteiger partial charge >= 0.3 is 0 Å². The van der Waals surface area contributed by atoms with Crippen LogP contribution in [0.25, 0.3) is 16.8 Å². The molecule has 3 aromatic carbocycles. The zero-order valence-corrected chi connectivity index (χ0v) is 17.2. The van der Waals surface area contributed by atoms with Crippen LogP contribution in [0.5, 0.6) is 11.5 Å². The fraction of sp³-hybridized carbons (Fsp3) is 0.0385. The van der Waals surface area contributed by atoms with Crippen molar-refractivity contribution in [3.05, 3.63) is 108 Å². The van der Waals surface area contributed by atoms with E-state index >= 15 is 0 Å². The van der Waals surface area contributed by atoms with E-state index in [2.05, 4.69) is 16.9 Å². The molecule has 0 aliphatic heterocycles. The number of aromatic nitrogens is 2. The molecule has 1 amide bonds. The van der Waals surface area contributed by atoms with Crippen LogP contribution >= 0.6 is 0 Å². The van der Waals surface area contributed by atoms with Crippen molar-refractivity contribution >= 4 is 17.3 Å². The summed E-state index contributed by atoms with van der Waals surface area (Å²) in [6.07, 6.45) is 1.70. The zero-order valence-electron chi connectivity index (χ0n) is 17.2. The lowest BCUT2D eigenvalue weighted by Gasteiger charge is -2.14. The van der Waals surface area contributed by atoms with E-state index in [-0.39, 0.29) is 23.8 Å². The van der Waals surface area contributed by atoms with Gasteiger partial charge in [0.05, 0.1) is 18.3 Å². The lowest BCUT2D eigenvalue weighted by atomic mass is 10.0. The molecule has 6 heteroatoms. The number of amides is 1. The summed E-state index contributed by atoms with van der Waals surface area (Å²) in [5.41, 5.74) is 4.07. The minimum Gasteiger partial charge on any atom is -0.508 e. The third-order valence-electron chi connectivity index (χ3n) is 4.90. The highest BCUT2D eigenvalue weighted by Crippen LogP contribution is 2.28. The predicted molar refractivity (Wildman–Crippen MR) is 124 cm³/mol. The topological polar surface area (TPSA) is 95.3 Å². The first-order valence-electron chi connectivity index (χ1n) is 9.98. The van der Waals surface area contributed by atoms with Crippen molar-refractivity contribution in [1.29, 1.82) is 0 Å². The Hall–Kier alpha value is -4.45. The van der Waals surface area contributed by atoms with E-state index in [9.17, 15) is 15.0 Å². The van der Waals surface area contributed by atoms with Gasteiger partial charge < -0.3 is 15.5 Å². The molecule has 0 radical (unpaired) electrons. The van der Waals surface area contributed by atoms with Crippen molar-refractivity contribution in [2.75, 3.05) is 5.32 Å². The maximum atomic E-state index is 12.7. The number of anilines is 1. The van der Waals surface area contributed by atoms with Gasteiger partial charge in [0.15, 0.2) is 5.82 Å². The summed E-state index contributed by atoms with van der Waals surface area (Å²) < 4.78 is 0. The predicted octanol–water partition coefficient (Wildman–Crippen LogP) is 4.80. The summed E-state index contributed by atoms with van der Waals surface area (Å²) in [5.74, 6) is 0.356. The molecule has 0 saturated carbocycles. The van der Waals surface area contributed by atoms with E-state index in [0.717, 1.165) is 16.7 Å². The molecule has 0 unspecified atom stereocenters. The molecule has 0 fully saturated rings. The number of aromatic hydroxyl groups is 2. The number of rotatable bonds is 6. The van der Waals surface area contributed by atoms with Gasteiger partial charge in [-0.3, -0.25) is 4.79 Å². The lowest BCUT2D eigenvalue weighted by Crippen LogP contribution is -2.17. The maximum absolute atomic E-state index is 12.7. The van der Waals surface area contributed by atoms with Crippen molar-refractivity contribution in [2.24, 2.45) is 0 Å². The summed E-state index contributed by atoms with van der Waals surface area (Å²) in [4.78, 5) is 21.9. The van der Waals surface area contributed by atoms with Gasteiger partial charge in [-0.05, 0) is 47.5 Å². The molecule has 4 aromatic rings. The highest BCUT2D eigenvalue weighted by atomic mass is 16.3. The number of hydrogen-bond acceptors (Lipinski definition) is 5. The Bertz CT molecular complexity index is 1250. The molecule has 3 N–H and O–H groups in total. The molecule has 0 saturated heterocycles. The SMILES string of the molecule is C=C(c1ccccc1)c1nc(-c2ccc(O)cc2)cnc1NC(=O)Cc1ccc(O)cc1. The largest absolute Gasteiger partial charge is 0.508 e. The fourth-order valence-corrected chi connectivity index (χ4v) is 3.21. The zero-order chi connectivity index (χ0) is 22.5. The Kier molecular flexibility index (Phi) is 5.94. The summed E-state index contributed by atoms with van der Waals surface area (Å²) in [5, 5.41) is 21.8. The summed E-state index contributed by atoms with van der Waals surface area (Å²) in [6, 6.07) is 22.7. The minimum absolute atomic E-state index is 0.124. The van der Waals surface area contributed by atoms with Gasteiger partial charge in [-0.1, -0.05) is 49.0 Å². The molecule has 0 spiro atoms. The number of hydrogen-bond donors (Lipinski definition) is 3. The third-order valence-corrected chi connectivity index (χ3v) is 4.90. The van der Waals surface area contributed by atoms with Gasteiger partial charge in [-0.2, -0.15) is 0 Å². The second-order valence-electron chi connectivity index (χ2n) is 7.24. The quantitative estimate of drug-likeness (QED) is 0.414. The molecule has 4 rings (SSSR count). The molecule has 0 aliphatic rings. The van der Waals surface area contributed by atoms with Crippen LogP contribution in [0.3, 0.4) is 0 Å². The second kappa shape index (κ2) is 9.14. The smallest absolute Gasteiger partial charge is 0.230 e. The summed E-state index contributed by atoms with van der Waals surface area (Å²) in [6.45, 7) is 4.18. The Labute approximate surface area is 185 Å². The average Bonchev–Trinajstić information content (AvgIpc) is 2.81. The number of carbonyl (C=O) groups excluding carboxylic acids is 1. The van der Waals surface area contributed by atoms with Crippen LogP contribution in [0, 0.1) is 0 Å². The van der Waals surface area contributed by atoms with E-state index in [4.69, 9.17) is 4.98 Å². The maximum Gasteiger partial charge on any atom is 0.230 e. The summed E-state index contributed by atoms with van der Waals surface area (Å²) >= 11 is 0. The number of nitrogens with zero attached hydrogens (tertiary/aromatic N) is 2. The lowest BCUT2D eigenvalue weighted by molar-refractivity contribution is -0.115. The first kappa shape index (κ1) is 20.8. The van der Waals surface area contributed by atoms with E-state index in [1.807, 2.05) is 30.3 Å². The fourth-order valence-electron chi connectivity index (χ4n) is 3.21. The van der Waals surface area contributed by atoms with Crippen molar-refractivity contribution < 1.29 is 15.0 Å². The molecule has 32 heavy (non-hydrogen) atoms. The van der Waals surface area contributed by atoms with Crippen LogP contribution < -0.4 is 5.32 Å². The normalized spacial score (nSPS) is 10.5. The first-order chi connectivity index (χ1) is 15.5. The highest BCUT2D eigenvalue weighted by Gasteiger charge is 2.16. The van der Waals surface area contributed by atoms with E-state index in [0.29, 0.717) is 22.8 Å². The van der Waals surface area contributed by atoms with Gasteiger partial charge in [-0.15, -0.1) is 0 Å². The Morgan fingerprint density at radius 3 is 2.16 bits per heavy atom. The number of phenolic OH excluding ortho intramolecular Hbond substituents is 2. The molecule has 6 nitrogen and oxygen atoms in total. The van der Waals surface area contributed by atoms with Gasteiger partial charge in [0.1, 0.15) is 17.2 Å². The number of benzene rings is 3. The summed E-state index contributed by atoms with van der Waals surface area (Å²) in [7, 11) is 0. The molecular formula is C26H21N3O3. The van der Waals surface area contributed by atoms with E-state index < -0.39 is 0 Å². The van der Waals surface area contributed by atoms with Crippen molar-refractivity contribution in [1.82, 2.24) is 9.97 Å². The van der Waals surface area contributed by atoms with Crippen LogP contribution in [0.4, 0.5) is 5.82 Å². The van der Waals surface area contributed by atoms with Gasteiger partial charge in [0.25, 0.3) is 0 Å². The molecule has 158 valence electrons. The number of phenols is 2. The Morgan fingerprint density at radius 2 is 1.50 bits per heavy atom. The Balaban J connectivity index is 1.67. The number of carbonyl (C=O) groups is 1.